The van der Waals surface area contributed by atoms with Crippen LogP contribution in [0.2, 0.25) is 0 Å². The highest BCUT2D eigenvalue weighted by Crippen LogP contribution is 2.67. The van der Waals surface area contributed by atoms with E-state index in [9.17, 15) is 26.4 Å². The number of hydrogen-bond donors (Lipinski definition) is 5. The van der Waals surface area contributed by atoms with E-state index in [1.807, 2.05) is 65.6 Å². The van der Waals surface area contributed by atoms with Gasteiger partial charge in [-0.15, -0.1) is 0 Å². The SMILES string of the molecule is CC1=C2C[C@H]3[C@@H](CC[C@@H]4C[C@H](NS(=O)(=O)NC(=O)OCc5ccccc5)CC[C@@]43C)[C@@H]2CC[C@@]2(C1)O[C@@H]1C[C@H](C)CN(C(=O)OCc3ccccc3)[C@H]1[C@H]2C.CC1=C2C[C@H]3[C@@H](CC[C@@H]4C[C@H](NS(N)(=O)=O)CC[C@@]43C)[C@@H]2CC[C@@]2(C1)O[C@@H]1C[C@H](C)CN[C@H]1[C@H]2C. The molecule has 4 aliphatic heterocycles. The molecule has 4 heterocycles. The van der Waals surface area contributed by atoms with Crippen LogP contribution in [0.3, 0.4) is 0 Å². The van der Waals surface area contributed by atoms with E-state index in [0.29, 0.717) is 71.4 Å². The molecule has 18 heteroatoms. The summed E-state index contributed by atoms with van der Waals surface area (Å²) in [7, 11) is -7.69. The number of nitrogens with one attached hydrogen (secondary N) is 4. The first kappa shape index (κ1) is 64.8. The van der Waals surface area contributed by atoms with Crippen LogP contribution in [0.5, 0.6) is 0 Å². The molecule has 16 nitrogen and oxygen atoms in total. The first-order valence-electron chi connectivity index (χ1n) is 35.1. The Morgan fingerprint density at radius 1 is 0.633 bits per heavy atom. The van der Waals surface area contributed by atoms with Crippen molar-refractivity contribution in [3.05, 3.63) is 94.1 Å². The van der Waals surface area contributed by atoms with Crippen molar-refractivity contribution < 1.29 is 45.4 Å². The highest BCUT2D eigenvalue weighted by molar-refractivity contribution is 7.88. The molecule has 2 aromatic rings. The quantitative estimate of drug-likeness (QED) is 0.149. The summed E-state index contributed by atoms with van der Waals surface area (Å²) >= 11 is 0. The molecule has 12 aliphatic rings. The smallest absolute Gasteiger partial charge is 0.422 e. The van der Waals surface area contributed by atoms with E-state index < -0.39 is 26.5 Å². The number of rotatable bonds is 9. The van der Waals surface area contributed by atoms with E-state index in [4.69, 9.17) is 24.1 Å². The molecule has 0 aromatic heterocycles. The lowest BCUT2D eigenvalue weighted by molar-refractivity contribution is -0.0802. The van der Waals surface area contributed by atoms with Gasteiger partial charge in [-0.1, -0.05) is 124 Å². The number of hydrogen-bond acceptors (Lipinski definition) is 11. The molecule has 4 saturated heterocycles. The molecular weight excluding hydrogens is 1170 g/mol. The Labute approximate surface area is 538 Å². The third kappa shape index (κ3) is 12.4. The summed E-state index contributed by atoms with van der Waals surface area (Å²) in [6.07, 6.45) is 20.6. The molecule has 14 rings (SSSR count). The largest absolute Gasteiger partial charge is 0.445 e. The maximum atomic E-state index is 13.7. The molecule has 22 atom stereocenters. The molecule has 6 saturated carbocycles. The van der Waals surface area contributed by atoms with Crippen LogP contribution in [0.4, 0.5) is 9.59 Å². The summed E-state index contributed by atoms with van der Waals surface area (Å²) in [4.78, 5) is 28.0. The first-order chi connectivity index (χ1) is 42.8. The minimum absolute atomic E-state index is 0.00344. The number of benzene rings is 2. The molecule has 8 aliphatic carbocycles. The van der Waals surface area contributed by atoms with Gasteiger partial charge in [-0.25, -0.2) is 19.5 Å². The van der Waals surface area contributed by atoms with Crippen molar-refractivity contribution in [1.29, 1.82) is 0 Å². The van der Waals surface area contributed by atoms with Crippen LogP contribution in [0.1, 0.15) is 195 Å². The Bertz CT molecular complexity index is 3280. The Kier molecular flexibility index (Phi) is 18.0. The van der Waals surface area contributed by atoms with Crippen LogP contribution in [0.25, 0.3) is 0 Å². The first-order valence-corrected chi connectivity index (χ1v) is 38.1. The van der Waals surface area contributed by atoms with Gasteiger partial charge < -0.3 is 29.2 Å². The minimum atomic E-state index is -4.06. The Morgan fingerprint density at radius 2 is 1.14 bits per heavy atom. The second-order valence-electron chi connectivity index (χ2n) is 32.0. The molecule has 2 amide bonds. The number of allylic oxidation sites excluding steroid dienone is 2. The third-order valence-electron chi connectivity index (χ3n) is 26.9. The third-order valence-corrected chi connectivity index (χ3v) is 28.6. The molecule has 2 aromatic carbocycles. The number of fused-ring (bicyclic) bond motifs is 12. The number of piperidine rings is 2. The molecule has 0 radical (unpaired) electrons. The number of nitrogens with zero attached hydrogens (tertiary/aromatic N) is 1. The lowest BCUT2D eigenvalue weighted by Gasteiger charge is -2.54. The van der Waals surface area contributed by atoms with Crippen LogP contribution in [0, 0.1) is 81.8 Å². The van der Waals surface area contributed by atoms with Crippen LogP contribution in [0.15, 0.2) is 83.0 Å². The molecule has 2 spiro atoms. The maximum absolute atomic E-state index is 13.7. The van der Waals surface area contributed by atoms with Gasteiger partial charge in [0, 0.05) is 36.5 Å². The fourth-order valence-electron chi connectivity index (χ4n) is 22.4. The molecular formula is C72H106N6O10S2. The van der Waals surface area contributed by atoms with E-state index >= 15 is 0 Å². The van der Waals surface area contributed by atoms with Gasteiger partial charge in [-0.3, -0.25) is 0 Å². The summed E-state index contributed by atoms with van der Waals surface area (Å²) in [6, 6.07) is 19.4. The summed E-state index contributed by atoms with van der Waals surface area (Å²) in [5.74, 6) is 6.85. The number of carbonyl (C=O) groups excluding carboxylic acids is 2. The topological polar surface area (TPSA) is 217 Å². The van der Waals surface area contributed by atoms with Crippen molar-refractivity contribution in [3.8, 4) is 0 Å². The molecule has 496 valence electrons. The van der Waals surface area contributed by atoms with E-state index in [1.165, 1.54) is 44.1 Å². The lowest BCUT2D eigenvalue weighted by atomic mass is 9.52. The lowest BCUT2D eigenvalue weighted by Crippen LogP contribution is -2.54. The Balaban J connectivity index is 0.000000182. The summed E-state index contributed by atoms with van der Waals surface area (Å²) < 4.78 is 82.1. The summed E-state index contributed by atoms with van der Waals surface area (Å²) in [5.41, 5.74) is 8.52. The summed E-state index contributed by atoms with van der Waals surface area (Å²) in [6.45, 7) is 21.2. The average molecular weight is 1280 g/mol. The maximum Gasteiger partial charge on any atom is 0.422 e. The Hall–Kier alpha value is -3.88. The number of ether oxygens (including phenoxy) is 4. The predicted molar refractivity (Wildman–Crippen MR) is 348 cm³/mol. The fraction of sp³-hybridized carbons (Fsp3) is 0.750. The Morgan fingerprint density at radius 3 is 1.70 bits per heavy atom. The van der Waals surface area contributed by atoms with Crippen molar-refractivity contribution in [1.82, 2.24) is 24.4 Å². The second-order valence-corrected chi connectivity index (χ2v) is 34.7. The van der Waals surface area contributed by atoms with E-state index in [-0.39, 0.29) is 66.1 Å². The van der Waals surface area contributed by atoms with Crippen molar-refractivity contribution in [2.24, 2.45) is 87.0 Å². The zero-order valence-electron chi connectivity index (χ0n) is 55.1. The van der Waals surface area contributed by atoms with Gasteiger partial charge >= 0.3 is 22.4 Å². The van der Waals surface area contributed by atoms with Gasteiger partial charge in [-0.05, 0) is 230 Å². The van der Waals surface area contributed by atoms with Gasteiger partial charge in [0.2, 0.25) is 0 Å². The van der Waals surface area contributed by atoms with Crippen LogP contribution >= 0.6 is 0 Å². The van der Waals surface area contributed by atoms with Crippen molar-refractivity contribution in [2.75, 3.05) is 13.1 Å². The van der Waals surface area contributed by atoms with Gasteiger partial charge in [-0.2, -0.15) is 26.3 Å². The van der Waals surface area contributed by atoms with E-state index in [0.717, 1.165) is 125 Å². The normalized spacial score (nSPS) is 42.8. The molecule has 0 unspecified atom stereocenters. The molecule has 10 fully saturated rings. The summed E-state index contributed by atoms with van der Waals surface area (Å²) in [5, 5.41) is 9.15. The standard InChI is InChI=1S/C44H59N3O7S.C28H47N3O3S/c1-28-21-39-40(47(25-28)42(49)53-27-32-13-9-6-10-14-32)30(3)44(54-39)20-18-35-36-16-15-33-22-34(17-19-43(33,4)38(36)23-37(35)29(2)24-44)45-55(50,51)46-41(48)52-26-31-11-7-5-8-12-31;1-16-11-25-26(30-15-16)18(3)28(34-25)10-8-21-22-6-5-19-12-20(31-35(29,32)33)7-9-27(19,4)24(22)13-23(21)17(2)14-28/h5-14,28,30,33-36,38-40,45H,15-27H2,1-4H3,(H,46,48);16,18-22,24-26,30-31H,5-15H2,1-4H3,(H2,29,32,33)/t28-,30+,33+,34+,35-,36-,38-,39+,40-,43-,44-;16-,18+,19+,20+,21-,22-,24-,25+,26-,27-,28-/m00/s1. The highest BCUT2D eigenvalue weighted by Gasteiger charge is 2.63. The number of nitrogens with two attached hydrogens (primary N) is 1. The van der Waals surface area contributed by atoms with Crippen molar-refractivity contribution >= 4 is 32.6 Å². The van der Waals surface area contributed by atoms with Gasteiger partial charge in [0.25, 0.3) is 10.2 Å². The number of likely N-dealkylation sites (tertiary alicyclic amines) is 1. The number of carbonyl (C=O) groups is 2. The van der Waals surface area contributed by atoms with Crippen LogP contribution in [-0.2, 0) is 52.6 Å². The highest BCUT2D eigenvalue weighted by atomic mass is 32.2. The van der Waals surface area contributed by atoms with Crippen molar-refractivity contribution in [2.45, 2.75) is 245 Å². The zero-order chi connectivity index (χ0) is 63.3. The van der Waals surface area contributed by atoms with E-state index in [2.05, 4.69) is 74.9 Å². The van der Waals surface area contributed by atoms with Gasteiger partial charge in [0.1, 0.15) is 13.2 Å². The molecule has 0 bridgehead atoms. The number of amides is 2. The van der Waals surface area contributed by atoms with Crippen LogP contribution < -0.4 is 24.6 Å². The molecule has 6 N–H and O–H groups in total. The van der Waals surface area contributed by atoms with E-state index in [1.54, 1.807) is 16.7 Å². The zero-order valence-corrected chi connectivity index (χ0v) is 56.7. The minimum Gasteiger partial charge on any atom is -0.445 e. The van der Waals surface area contributed by atoms with Gasteiger partial charge in [0.15, 0.2) is 0 Å². The monoisotopic (exact) mass is 1280 g/mol. The van der Waals surface area contributed by atoms with Crippen LogP contribution in [-0.4, -0.2) is 94.6 Å². The molecule has 90 heavy (non-hydrogen) atoms. The predicted octanol–water partition coefficient (Wildman–Crippen LogP) is 12.6. The second kappa shape index (κ2) is 25.0. The van der Waals surface area contributed by atoms with Gasteiger partial charge in [0.05, 0.1) is 29.5 Å². The average Bonchev–Trinajstić information content (AvgIpc) is 1.55. The fourth-order valence-corrected chi connectivity index (χ4v) is 24.1. The van der Waals surface area contributed by atoms with Crippen molar-refractivity contribution in [3.63, 3.8) is 0 Å².